The normalized spacial score (nSPS) is 14.4. The van der Waals surface area contributed by atoms with Crippen molar-refractivity contribution in [2.45, 2.75) is 39.2 Å². The number of likely N-dealkylation sites (tertiary alicyclic amines) is 1. The van der Waals surface area contributed by atoms with Crippen LogP contribution in [0.2, 0.25) is 0 Å². The highest BCUT2D eigenvalue weighted by molar-refractivity contribution is 5.80. The average molecular weight is 413 g/mol. The Kier molecular flexibility index (Phi) is 7.44. The van der Waals surface area contributed by atoms with E-state index in [-0.39, 0.29) is 23.5 Å². The van der Waals surface area contributed by atoms with E-state index in [2.05, 4.69) is 5.32 Å². The van der Waals surface area contributed by atoms with Crippen molar-refractivity contribution >= 4 is 11.8 Å². The molecule has 2 amide bonds. The van der Waals surface area contributed by atoms with Gasteiger partial charge in [-0.15, -0.1) is 0 Å². The molecule has 1 aliphatic rings. The van der Waals surface area contributed by atoms with Crippen molar-refractivity contribution in [2.24, 2.45) is 5.92 Å². The minimum Gasteiger partial charge on any atom is -0.497 e. The van der Waals surface area contributed by atoms with Gasteiger partial charge in [-0.05, 0) is 61.1 Å². The Morgan fingerprint density at radius 3 is 2.40 bits per heavy atom. The number of carbonyl (C=O) groups is 2. The highest BCUT2D eigenvalue weighted by Gasteiger charge is 2.27. The molecule has 0 radical (unpaired) electrons. The number of halogens is 1. The van der Waals surface area contributed by atoms with E-state index < -0.39 is 0 Å². The number of piperidine rings is 1. The molecular weight excluding hydrogens is 383 g/mol. The van der Waals surface area contributed by atoms with E-state index in [0.717, 1.165) is 16.9 Å². The van der Waals surface area contributed by atoms with Gasteiger partial charge in [-0.3, -0.25) is 9.59 Å². The third-order valence-electron chi connectivity index (χ3n) is 5.71. The smallest absolute Gasteiger partial charge is 0.223 e. The summed E-state index contributed by atoms with van der Waals surface area (Å²) >= 11 is 0. The molecule has 5 nitrogen and oxygen atoms in total. The lowest BCUT2D eigenvalue weighted by Gasteiger charge is -2.31. The van der Waals surface area contributed by atoms with Crippen LogP contribution in [0.3, 0.4) is 0 Å². The summed E-state index contributed by atoms with van der Waals surface area (Å²) in [7, 11) is 1.63. The fraction of sp³-hybridized carbons (Fsp3) is 0.417. The van der Waals surface area contributed by atoms with Crippen LogP contribution in [0.4, 0.5) is 4.39 Å². The first kappa shape index (κ1) is 21.8. The number of benzene rings is 2. The number of nitrogens with one attached hydrogen (secondary N) is 1. The van der Waals surface area contributed by atoms with Crippen LogP contribution in [0.5, 0.6) is 5.75 Å². The molecule has 1 N–H and O–H groups in total. The van der Waals surface area contributed by atoms with E-state index in [9.17, 15) is 14.0 Å². The van der Waals surface area contributed by atoms with Crippen LogP contribution in [0.1, 0.15) is 36.0 Å². The predicted molar refractivity (Wildman–Crippen MR) is 114 cm³/mol. The van der Waals surface area contributed by atoms with Gasteiger partial charge in [-0.1, -0.05) is 24.3 Å². The molecule has 0 bridgehead atoms. The van der Waals surface area contributed by atoms with Gasteiger partial charge < -0.3 is 15.0 Å². The topological polar surface area (TPSA) is 58.6 Å². The van der Waals surface area contributed by atoms with Crippen LogP contribution in [-0.2, 0) is 22.6 Å². The molecule has 0 atom stereocenters. The molecule has 1 heterocycles. The van der Waals surface area contributed by atoms with Crippen molar-refractivity contribution in [1.29, 1.82) is 0 Å². The van der Waals surface area contributed by atoms with Crippen LogP contribution < -0.4 is 10.1 Å². The maximum Gasteiger partial charge on any atom is 0.223 e. The second-order valence-corrected chi connectivity index (χ2v) is 7.80. The molecular formula is C24H29FN2O3. The average Bonchev–Trinajstić information content (AvgIpc) is 2.78. The van der Waals surface area contributed by atoms with Crippen LogP contribution in [0, 0.1) is 18.7 Å². The lowest BCUT2D eigenvalue weighted by molar-refractivity contribution is -0.135. The van der Waals surface area contributed by atoms with Crippen LogP contribution in [-0.4, -0.2) is 36.9 Å². The van der Waals surface area contributed by atoms with Gasteiger partial charge in [0, 0.05) is 32.0 Å². The molecule has 3 rings (SSSR count). The van der Waals surface area contributed by atoms with E-state index in [1.807, 2.05) is 35.2 Å². The van der Waals surface area contributed by atoms with Crippen molar-refractivity contribution in [3.63, 3.8) is 0 Å². The molecule has 30 heavy (non-hydrogen) atoms. The van der Waals surface area contributed by atoms with Crippen molar-refractivity contribution in [2.75, 3.05) is 20.2 Å². The van der Waals surface area contributed by atoms with E-state index in [1.165, 1.54) is 6.07 Å². The second kappa shape index (κ2) is 10.2. The molecule has 160 valence electrons. The maximum atomic E-state index is 13.6. The number of hydrogen-bond donors (Lipinski definition) is 1. The second-order valence-electron chi connectivity index (χ2n) is 7.80. The molecule has 0 unspecified atom stereocenters. The van der Waals surface area contributed by atoms with Gasteiger partial charge in [0.2, 0.25) is 11.8 Å². The number of methoxy groups -OCH3 is 1. The largest absolute Gasteiger partial charge is 0.497 e. The molecule has 1 saturated heterocycles. The number of carbonyl (C=O) groups excluding carboxylic acids is 2. The van der Waals surface area contributed by atoms with Gasteiger partial charge in [0.1, 0.15) is 11.6 Å². The number of ether oxygens (including phenoxy) is 1. The van der Waals surface area contributed by atoms with Crippen molar-refractivity contribution < 1.29 is 18.7 Å². The SMILES string of the molecule is COc1ccc(CCC(=O)N2CCC(C(=O)NCc3ccc(C)c(F)c3)CC2)cc1. The fourth-order valence-corrected chi connectivity index (χ4v) is 3.67. The first-order valence-electron chi connectivity index (χ1n) is 10.4. The van der Waals surface area contributed by atoms with Crippen molar-refractivity contribution in [1.82, 2.24) is 10.2 Å². The van der Waals surface area contributed by atoms with Crippen LogP contribution in [0.25, 0.3) is 0 Å². The molecule has 1 aliphatic heterocycles. The van der Waals surface area contributed by atoms with Gasteiger partial charge in [0.05, 0.1) is 7.11 Å². The number of amides is 2. The van der Waals surface area contributed by atoms with Gasteiger partial charge in [0.15, 0.2) is 0 Å². The molecule has 2 aromatic rings. The summed E-state index contributed by atoms with van der Waals surface area (Å²) in [5.74, 6) is 0.535. The van der Waals surface area contributed by atoms with Gasteiger partial charge in [-0.2, -0.15) is 0 Å². The first-order valence-corrected chi connectivity index (χ1v) is 10.4. The Hall–Kier alpha value is -2.89. The fourth-order valence-electron chi connectivity index (χ4n) is 3.67. The third kappa shape index (κ3) is 5.81. The lowest BCUT2D eigenvalue weighted by atomic mass is 9.95. The summed E-state index contributed by atoms with van der Waals surface area (Å²) in [4.78, 5) is 26.8. The zero-order chi connectivity index (χ0) is 21.5. The Morgan fingerprint density at radius 2 is 1.77 bits per heavy atom. The number of hydrogen-bond acceptors (Lipinski definition) is 3. The zero-order valence-electron chi connectivity index (χ0n) is 17.6. The molecule has 1 fully saturated rings. The van der Waals surface area contributed by atoms with Crippen LogP contribution in [0.15, 0.2) is 42.5 Å². The van der Waals surface area contributed by atoms with Crippen molar-refractivity contribution in [3.05, 3.63) is 65.0 Å². The summed E-state index contributed by atoms with van der Waals surface area (Å²) in [6.45, 7) is 3.22. The third-order valence-corrected chi connectivity index (χ3v) is 5.71. The van der Waals surface area contributed by atoms with E-state index in [4.69, 9.17) is 4.74 Å². The quantitative estimate of drug-likeness (QED) is 0.756. The summed E-state index contributed by atoms with van der Waals surface area (Å²) in [6, 6.07) is 12.7. The van der Waals surface area contributed by atoms with E-state index in [0.29, 0.717) is 50.9 Å². The van der Waals surface area contributed by atoms with E-state index in [1.54, 1.807) is 20.1 Å². The minimum absolute atomic E-state index is 0.0266. The number of nitrogens with zero attached hydrogens (tertiary/aromatic N) is 1. The van der Waals surface area contributed by atoms with E-state index >= 15 is 0 Å². The maximum absolute atomic E-state index is 13.6. The molecule has 0 aromatic heterocycles. The Labute approximate surface area is 177 Å². The summed E-state index contributed by atoms with van der Waals surface area (Å²) in [5, 5.41) is 2.90. The molecule has 0 aliphatic carbocycles. The number of aryl methyl sites for hydroxylation is 2. The molecule has 0 spiro atoms. The van der Waals surface area contributed by atoms with Gasteiger partial charge >= 0.3 is 0 Å². The lowest BCUT2D eigenvalue weighted by Crippen LogP contribution is -2.43. The summed E-state index contributed by atoms with van der Waals surface area (Å²) in [5.41, 5.74) is 2.44. The molecule has 2 aromatic carbocycles. The highest BCUT2D eigenvalue weighted by atomic mass is 19.1. The first-order chi connectivity index (χ1) is 14.5. The van der Waals surface area contributed by atoms with Gasteiger partial charge in [0.25, 0.3) is 0 Å². The van der Waals surface area contributed by atoms with Gasteiger partial charge in [-0.25, -0.2) is 4.39 Å². The summed E-state index contributed by atoms with van der Waals surface area (Å²) < 4.78 is 18.8. The highest BCUT2D eigenvalue weighted by Crippen LogP contribution is 2.19. The minimum atomic E-state index is -0.261. The Bertz CT molecular complexity index is 875. The number of rotatable bonds is 7. The van der Waals surface area contributed by atoms with Crippen LogP contribution >= 0.6 is 0 Å². The molecule has 0 saturated carbocycles. The standard InChI is InChI=1S/C24H29FN2O3/c1-17-3-4-19(15-22(17)25)16-26-24(29)20-11-13-27(14-12-20)23(28)10-7-18-5-8-21(30-2)9-6-18/h3-6,8-9,15,20H,7,10-14,16H2,1-2H3,(H,26,29). The zero-order valence-corrected chi connectivity index (χ0v) is 17.6. The predicted octanol–water partition coefficient (Wildman–Crippen LogP) is 3.63. The summed E-state index contributed by atoms with van der Waals surface area (Å²) in [6.07, 6.45) is 2.46. The Balaban J connectivity index is 1.40. The Morgan fingerprint density at radius 1 is 1.10 bits per heavy atom. The molecule has 6 heteroatoms. The van der Waals surface area contributed by atoms with Crippen molar-refractivity contribution in [3.8, 4) is 5.75 Å². The monoisotopic (exact) mass is 412 g/mol.